The van der Waals surface area contributed by atoms with Crippen LogP contribution >= 0.6 is 11.3 Å². The van der Waals surface area contributed by atoms with E-state index in [9.17, 15) is 4.79 Å². The number of hydrogen-bond donors (Lipinski definition) is 1. The first kappa shape index (κ1) is 12.4. The van der Waals surface area contributed by atoms with Crippen LogP contribution < -0.4 is 5.73 Å². The number of rotatable bonds is 3. The van der Waals surface area contributed by atoms with Crippen molar-refractivity contribution in [2.24, 2.45) is 0 Å². The van der Waals surface area contributed by atoms with Gasteiger partial charge >= 0.3 is 0 Å². The van der Waals surface area contributed by atoms with Gasteiger partial charge in [-0.15, -0.1) is 11.3 Å². The molecule has 0 saturated carbocycles. The molecular formula is C12H19N3OS. The molecule has 17 heavy (non-hydrogen) atoms. The first-order valence-corrected chi connectivity index (χ1v) is 7.11. The van der Waals surface area contributed by atoms with Crippen LogP contribution in [0.15, 0.2) is 5.38 Å². The van der Waals surface area contributed by atoms with Gasteiger partial charge in [0.05, 0.1) is 5.69 Å². The number of carbonyl (C=O) groups excluding carboxylic acids is 1. The van der Waals surface area contributed by atoms with Crippen LogP contribution in [0.2, 0.25) is 0 Å². The summed E-state index contributed by atoms with van der Waals surface area (Å²) in [6.07, 6.45) is 6.08. The average molecular weight is 253 g/mol. The molecule has 0 bridgehead atoms. The van der Waals surface area contributed by atoms with Crippen molar-refractivity contribution in [1.29, 1.82) is 0 Å². The predicted octanol–water partition coefficient (Wildman–Crippen LogP) is 2.06. The number of anilines is 1. The number of nitrogen functional groups attached to an aromatic ring is 1. The molecular weight excluding hydrogens is 234 g/mol. The highest BCUT2D eigenvalue weighted by Crippen LogP contribution is 2.14. The van der Waals surface area contributed by atoms with Gasteiger partial charge in [0.1, 0.15) is 0 Å². The Balaban J connectivity index is 1.79. The molecule has 1 aromatic heterocycles. The van der Waals surface area contributed by atoms with Crippen LogP contribution in [0, 0.1) is 0 Å². The van der Waals surface area contributed by atoms with Gasteiger partial charge in [0, 0.05) is 24.9 Å². The standard InChI is InChI=1S/C12H19N3OS/c13-12-14-10(9-17-12)5-6-11(16)15-7-3-1-2-4-8-15/h9H,1-8H2,(H2,13,14). The minimum Gasteiger partial charge on any atom is -0.375 e. The number of nitrogens with zero attached hydrogens (tertiary/aromatic N) is 2. The first-order chi connectivity index (χ1) is 8.25. The third-order valence-electron chi connectivity index (χ3n) is 3.12. The highest BCUT2D eigenvalue weighted by Gasteiger charge is 2.15. The van der Waals surface area contributed by atoms with Gasteiger partial charge < -0.3 is 10.6 Å². The lowest BCUT2D eigenvalue weighted by Crippen LogP contribution is -2.31. The van der Waals surface area contributed by atoms with Crippen molar-refractivity contribution in [2.45, 2.75) is 38.5 Å². The molecule has 0 unspecified atom stereocenters. The van der Waals surface area contributed by atoms with Gasteiger partial charge in [-0.2, -0.15) is 0 Å². The molecule has 1 aromatic rings. The molecule has 4 nitrogen and oxygen atoms in total. The lowest BCUT2D eigenvalue weighted by atomic mass is 10.2. The largest absolute Gasteiger partial charge is 0.375 e. The Labute approximate surface area is 106 Å². The number of hydrogen-bond acceptors (Lipinski definition) is 4. The maximum Gasteiger partial charge on any atom is 0.222 e. The molecule has 1 aliphatic heterocycles. The number of aromatic nitrogens is 1. The highest BCUT2D eigenvalue weighted by molar-refractivity contribution is 7.13. The quantitative estimate of drug-likeness (QED) is 0.897. The molecule has 0 aliphatic carbocycles. The van der Waals surface area contributed by atoms with Crippen molar-refractivity contribution in [3.05, 3.63) is 11.1 Å². The summed E-state index contributed by atoms with van der Waals surface area (Å²) in [5.41, 5.74) is 6.50. The van der Waals surface area contributed by atoms with E-state index in [0.717, 1.165) is 31.6 Å². The van der Waals surface area contributed by atoms with Gasteiger partial charge in [0.2, 0.25) is 5.91 Å². The van der Waals surface area contributed by atoms with E-state index < -0.39 is 0 Å². The van der Waals surface area contributed by atoms with Crippen LogP contribution in [-0.4, -0.2) is 28.9 Å². The Bertz CT molecular complexity index is 370. The van der Waals surface area contributed by atoms with Crippen LogP contribution in [0.1, 0.15) is 37.8 Å². The van der Waals surface area contributed by atoms with Gasteiger partial charge in [-0.05, 0) is 19.3 Å². The molecule has 0 spiro atoms. The van der Waals surface area contributed by atoms with E-state index in [2.05, 4.69) is 4.98 Å². The zero-order chi connectivity index (χ0) is 12.1. The summed E-state index contributed by atoms with van der Waals surface area (Å²) in [6, 6.07) is 0. The molecule has 0 aromatic carbocycles. The van der Waals surface area contributed by atoms with Crippen molar-refractivity contribution in [3.63, 3.8) is 0 Å². The summed E-state index contributed by atoms with van der Waals surface area (Å²) < 4.78 is 0. The summed E-state index contributed by atoms with van der Waals surface area (Å²) in [5, 5.41) is 2.52. The summed E-state index contributed by atoms with van der Waals surface area (Å²) in [7, 11) is 0. The number of nitrogens with two attached hydrogens (primary N) is 1. The van der Waals surface area contributed by atoms with Gasteiger partial charge in [-0.3, -0.25) is 4.79 Å². The second-order valence-corrected chi connectivity index (χ2v) is 5.36. The second kappa shape index (κ2) is 6.00. The van der Waals surface area contributed by atoms with Crippen molar-refractivity contribution in [2.75, 3.05) is 18.8 Å². The molecule has 1 amide bonds. The number of aryl methyl sites for hydroxylation is 1. The van der Waals surface area contributed by atoms with E-state index in [4.69, 9.17) is 5.73 Å². The molecule has 2 N–H and O–H groups in total. The molecule has 0 atom stereocenters. The zero-order valence-corrected chi connectivity index (χ0v) is 10.8. The molecule has 94 valence electrons. The van der Waals surface area contributed by atoms with Crippen molar-refractivity contribution < 1.29 is 4.79 Å². The van der Waals surface area contributed by atoms with E-state index in [-0.39, 0.29) is 5.91 Å². The summed E-state index contributed by atoms with van der Waals surface area (Å²) in [4.78, 5) is 18.2. The van der Waals surface area contributed by atoms with Crippen molar-refractivity contribution in [3.8, 4) is 0 Å². The monoisotopic (exact) mass is 253 g/mol. The Kier molecular flexibility index (Phi) is 4.36. The minimum atomic E-state index is 0.262. The topological polar surface area (TPSA) is 59.2 Å². The van der Waals surface area contributed by atoms with Crippen LogP contribution in [0.4, 0.5) is 5.13 Å². The van der Waals surface area contributed by atoms with E-state index in [1.54, 1.807) is 0 Å². The van der Waals surface area contributed by atoms with Gasteiger partial charge in [-0.1, -0.05) is 12.8 Å². The Morgan fingerprint density at radius 1 is 1.35 bits per heavy atom. The maximum atomic E-state index is 12.0. The molecule has 5 heteroatoms. The maximum absolute atomic E-state index is 12.0. The fraction of sp³-hybridized carbons (Fsp3) is 0.667. The normalized spacial score (nSPS) is 16.8. The van der Waals surface area contributed by atoms with E-state index in [0.29, 0.717) is 18.0 Å². The molecule has 2 rings (SSSR count). The first-order valence-electron chi connectivity index (χ1n) is 6.23. The number of carbonyl (C=O) groups is 1. The minimum absolute atomic E-state index is 0.262. The lowest BCUT2D eigenvalue weighted by Gasteiger charge is -2.19. The van der Waals surface area contributed by atoms with Crippen LogP contribution in [-0.2, 0) is 11.2 Å². The molecule has 1 aliphatic rings. The highest BCUT2D eigenvalue weighted by atomic mass is 32.1. The third-order valence-corrected chi connectivity index (χ3v) is 3.85. The van der Waals surface area contributed by atoms with Gasteiger partial charge in [0.25, 0.3) is 0 Å². The Morgan fingerprint density at radius 3 is 2.65 bits per heavy atom. The Morgan fingerprint density at radius 2 is 2.06 bits per heavy atom. The second-order valence-electron chi connectivity index (χ2n) is 4.47. The van der Waals surface area contributed by atoms with Crippen molar-refractivity contribution in [1.82, 2.24) is 9.88 Å². The zero-order valence-electron chi connectivity index (χ0n) is 10.0. The van der Waals surface area contributed by atoms with Gasteiger partial charge in [0.15, 0.2) is 5.13 Å². The average Bonchev–Trinajstić information content (AvgIpc) is 2.58. The number of likely N-dealkylation sites (tertiary alicyclic amines) is 1. The van der Waals surface area contributed by atoms with E-state index >= 15 is 0 Å². The van der Waals surface area contributed by atoms with Crippen LogP contribution in [0.5, 0.6) is 0 Å². The molecule has 0 radical (unpaired) electrons. The number of amides is 1. The Hall–Kier alpha value is -1.10. The van der Waals surface area contributed by atoms with Crippen LogP contribution in [0.25, 0.3) is 0 Å². The third kappa shape index (κ3) is 3.70. The fourth-order valence-corrected chi connectivity index (χ4v) is 2.75. The van der Waals surface area contributed by atoms with Crippen LogP contribution in [0.3, 0.4) is 0 Å². The lowest BCUT2D eigenvalue weighted by molar-refractivity contribution is -0.131. The van der Waals surface area contributed by atoms with Crippen molar-refractivity contribution >= 4 is 22.4 Å². The summed E-state index contributed by atoms with van der Waals surface area (Å²) >= 11 is 1.44. The molecule has 2 heterocycles. The van der Waals surface area contributed by atoms with Gasteiger partial charge in [-0.25, -0.2) is 4.98 Å². The summed E-state index contributed by atoms with van der Waals surface area (Å²) in [5.74, 6) is 0.262. The van der Waals surface area contributed by atoms with E-state index in [1.165, 1.54) is 24.2 Å². The SMILES string of the molecule is Nc1nc(CCC(=O)N2CCCCCC2)cs1. The smallest absolute Gasteiger partial charge is 0.222 e. The summed E-state index contributed by atoms with van der Waals surface area (Å²) in [6.45, 7) is 1.86. The predicted molar refractivity (Wildman–Crippen MR) is 69.9 cm³/mol. The molecule has 1 fully saturated rings. The van der Waals surface area contributed by atoms with E-state index in [1.807, 2.05) is 10.3 Å². The molecule has 1 saturated heterocycles. The fourth-order valence-electron chi connectivity index (χ4n) is 2.15. The number of thiazole rings is 1.